The Morgan fingerprint density at radius 3 is 2.03 bits per heavy atom. The first kappa shape index (κ1) is 27.8. The second kappa shape index (κ2) is 14.7. The third-order valence-electron chi connectivity index (χ3n) is 4.77. The van der Waals surface area contributed by atoms with Gasteiger partial charge in [0.25, 0.3) is 0 Å². The van der Waals surface area contributed by atoms with Gasteiger partial charge in [-0.05, 0) is 38.2 Å². The van der Waals surface area contributed by atoms with Gasteiger partial charge < -0.3 is 14.8 Å². The van der Waals surface area contributed by atoms with Crippen LogP contribution in [0.3, 0.4) is 0 Å². The molecule has 1 amide bonds. The number of amides is 1. The molecular weight excluding hydrogens is 393 g/mol. The SMILES string of the molecule is CCCCCCC(C(=O)OC)C(C(CCCCC)NC(=O)OC(C)(C)C)[P+](=O)O. The van der Waals surface area contributed by atoms with Crippen molar-refractivity contribution >= 4 is 20.1 Å². The molecule has 29 heavy (non-hydrogen) atoms. The maximum absolute atomic E-state index is 12.5. The van der Waals surface area contributed by atoms with E-state index >= 15 is 0 Å². The molecule has 0 aliphatic rings. The number of carbonyl (C=O) groups is 2. The van der Waals surface area contributed by atoms with E-state index in [1.54, 1.807) is 20.8 Å². The second-order valence-corrected chi connectivity index (χ2v) is 9.72. The first-order chi connectivity index (χ1) is 13.6. The number of hydrogen-bond acceptors (Lipinski definition) is 5. The van der Waals surface area contributed by atoms with E-state index in [0.29, 0.717) is 12.8 Å². The lowest BCUT2D eigenvalue weighted by Gasteiger charge is -2.27. The van der Waals surface area contributed by atoms with E-state index in [1.165, 1.54) is 7.11 Å². The van der Waals surface area contributed by atoms with E-state index in [9.17, 15) is 19.0 Å². The van der Waals surface area contributed by atoms with Crippen LogP contribution in [0.1, 0.15) is 92.4 Å². The molecule has 4 atom stereocenters. The molecule has 0 fully saturated rings. The molecule has 0 aromatic carbocycles. The normalized spacial score (nSPS) is 15.2. The Morgan fingerprint density at radius 1 is 1.00 bits per heavy atom. The Labute approximate surface area is 177 Å². The summed E-state index contributed by atoms with van der Waals surface area (Å²) in [6, 6.07) is -0.639. The molecule has 0 heterocycles. The molecule has 170 valence electrons. The van der Waals surface area contributed by atoms with Gasteiger partial charge in [0.2, 0.25) is 5.66 Å². The van der Waals surface area contributed by atoms with Crippen molar-refractivity contribution in [2.24, 2.45) is 5.92 Å². The summed E-state index contributed by atoms with van der Waals surface area (Å²) in [5.74, 6) is -1.25. The second-order valence-electron chi connectivity index (χ2n) is 8.52. The van der Waals surface area contributed by atoms with Crippen molar-refractivity contribution in [3.63, 3.8) is 0 Å². The molecule has 0 aliphatic heterocycles. The Kier molecular flexibility index (Phi) is 14.1. The summed E-state index contributed by atoms with van der Waals surface area (Å²) in [5, 5.41) is 2.76. The summed E-state index contributed by atoms with van der Waals surface area (Å²) >= 11 is 0. The average molecular weight is 435 g/mol. The Bertz CT molecular complexity index is 506. The molecule has 0 saturated carbocycles. The van der Waals surface area contributed by atoms with E-state index in [1.807, 2.05) is 0 Å². The highest BCUT2D eigenvalue weighted by Gasteiger charge is 2.48. The van der Waals surface area contributed by atoms with Gasteiger partial charge in [-0.1, -0.05) is 58.8 Å². The molecule has 2 N–H and O–H groups in total. The molecule has 4 unspecified atom stereocenters. The fourth-order valence-corrected chi connectivity index (χ4v) is 4.47. The minimum absolute atomic E-state index is 0.458. The lowest BCUT2D eigenvalue weighted by molar-refractivity contribution is -0.146. The first-order valence-corrected chi connectivity index (χ1v) is 12.1. The van der Waals surface area contributed by atoms with Crippen molar-refractivity contribution in [3.8, 4) is 0 Å². The van der Waals surface area contributed by atoms with Crippen LogP contribution >= 0.6 is 8.03 Å². The highest BCUT2D eigenvalue weighted by Crippen LogP contribution is 2.37. The van der Waals surface area contributed by atoms with Crippen LogP contribution in [-0.4, -0.2) is 41.4 Å². The molecule has 0 spiro atoms. The number of carbonyl (C=O) groups excluding carboxylic acids is 2. The molecule has 0 rings (SSSR count). The minimum Gasteiger partial charge on any atom is -0.469 e. The number of hydrogen-bond donors (Lipinski definition) is 2. The summed E-state index contributed by atoms with van der Waals surface area (Å²) in [5.41, 5.74) is -1.60. The summed E-state index contributed by atoms with van der Waals surface area (Å²) in [4.78, 5) is 34.9. The molecule has 0 aromatic heterocycles. The highest BCUT2D eigenvalue weighted by molar-refractivity contribution is 7.39. The summed E-state index contributed by atoms with van der Waals surface area (Å²) in [6.45, 7) is 9.43. The van der Waals surface area contributed by atoms with Crippen LogP contribution in [0.4, 0.5) is 4.79 Å². The van der Waals surface area contributed by atoms with Gasteiger partial charge in [0, 0.05) is 0 Å². The van der Waals surface area contributed by atoms with E-state index in [2.05, 4.69) is 19.2 Å². The summed E-state index contributed by atoms with van der Waals surface area (Å²) < 4.78 is 22.6. The number of esters is 1. The quantitative estimate of drug-likeness (QED) is 0.218. The van der Waals surface area contributed by atoms with Crippen LogP contribution < -0.4 is 5.32 Å². The first-order valence-electron chi connectivity index (χ1n) is 10.8. The Hall–Kier alpha value is -1.20. The molecule has 8 heteroatoms. The van der Waals surface area contributed by atoms with Gasteiger partial charge >= 0.3 is 20.1 Å². The van der Waals surface area contributed by atoms with Gasteiger partial charge in [-0.15, -0.1) is 0 Å². The van der Waals surface area contributed by atoms with Crippen molar-refractivity contribution in [1.82, 2.24) is 5.32 Å². The van der Waals surface area contributed by atoms with Crippen molar-refractivity contribution in [1.29, 1.82) is 0 Å². The third kappa shape index (κ3) is 12.2. The molecule has 0 bridgehead atoms. The number of methoxy groups -OCH3 is 1. The van der Waals surface area contributed by atoms with Gasteiger partial charge in [0.05, 0.1) is 13.2 Å². The van der Waals surface area contributed by atoms with Gasteiger partial charge in [-0.2, -0.15) is 4.89 Å². The number of alkyl carbamates (subject to hydrolysis) is 1. The predicted octanol–water partition coefficient (Wildman–Crippen LogP) is 5.32. The number of unbranched alkanes of at least 4 members (excludes halogenated alkanes) is 5. The third-order valence-corrected chi connectivity index (χ3v) is 6.00. The van der Waals surface area contributed by atoms with Crippen LogP contribution in [0.2, 0.25) is 0 Å². The monoisotopic (exact) mass is 434 g/mol. The summed E-state index contributed by atoms with van der Waals surface area (Å²) in [7, 11) is -1.42. The maximum Gasteiger partial charge on any atom is 0.511 e. The zero-order valence-electron chi connectivity index (χ0n) is 19.0. The minimum atomic E-state index is -2.71. The number of rotatable bonds is 14. The van der Waals surface area contributed by atoms with Gasteiger partial charge in [0.1, 0.15) is 11.5 Å². The van der Waals surface area contributed by atoms with Crippen LogP contribution in [0, 0.1) is 5.92 Å². The summed E-state index contributed by atoms with van der Waals surface area (Å²) in [6.07, 6.45) is 6.81. The smallest absolute Gasteiger partial charge is 0.469 e. The van der Waals surface area contributed by atoms with Crippen LogP contribution in [0.15, 0.2) is 0 Å². The Morgan fingerprint density at radius 2 is 1.55 bits per heavy atom. The lowest BCUT2D eigenvalue weighted by atomic mass is 9.90. The number of nitrogens with one attached hydrogen (secondary N) is 1. The predicted molar refractivity (Wildman–Crippen MR) is 115 cm³/mol. The number of ether oxygens (including phenoxy) is 2. The van der Waals surface area contributed by atoms with E-state index in [4.69, 9.17) is 9.47 Å². The highest BCUT2D eigenvalue weighted by atomic mass is 31.1. The molecular formula is C21H41NO6P+. The molecule has 7 nitrogen and oxygen atoms in total. The van der Waals surface area contributed by atoms with Gasteiger partial charge in [-0.25, -0.2) is 4.79 Å². The standard InChI is InChI=1S/C21H40NO6P/c1-7-9-11-13-14-16(19(23)27-6)18(29(25)26)17(15-12-10-8-2)22-20(24)28-21(3,4)5/h16-18H,7-15H2,1-6H3,(H-,22,24,25,26)/p+1. The van der Waals surface area contributed by atoms with Gasteiger partial charge in [0.15, 0.2) is 0 Å². The van der Waals surface area contributed by atoms with E-state index in [-0.39, 0.29) is 0 Å². The largest absolute Gasteiger partial charge is 0.511 e. The van der Waals surface area contributed by atoms with Crippen molar-refractivity contribution < 1.29 is 28.5 Å². The topological polar surface area (TPSA) is 102 Å². The van der Waals surface area contributed by atoms with Crippen LogP contribution in [-0.2, 0) is 18.8 Å². The fraction of sp³-hybridized carbons (Fsp3) is 0.905. The average Bonchev–Trinajstić information content (AvgIpc) is 2.61. The van der Waals surface area contributed by atoms with Gasteiger partial charge in [-0.3, -0.25) is 4.79 Å². The fourth-order valence-electron chi connectivity index (χ4n) is 3.36. The Balaban J connectivity index is 5.57. The molecule has 0 radical (unpaired) electrons. The maximum atomic E-state index is 12.5. The van der Waals surface area contributed by atoms with E-state index < -0.39 is 43.3 Å². The van der Waals surface area contributed by atoms with E-state index in [0.717, 1.165) is 44.9 Å². The molecule has 0 aliphatic carbocycles. The van der Waals surface area contributed by atoms with Crippen molar-refractivity contribution in [3.05, 3.63) is 0 Å². The van der Waals surface area contributed by atoms with Crippen molar-refractivity contribution in [2.75, 3.05) is 7.11 Å². The lowest BCUT2D eigenvalue weighted by Crippen LogP contribution is -2.48. The zero-order valence-corrected chi connectivity index (χ0v) is 19.9. The molecule has 0 aromatic rings. The van der Waals surface area contributed by atoms with Crippen LogP contribution in [0.5, 0.6) is 0 Å². The van der Waals surface area contributed by atoms with Crippen molar-refractivity contribution in [2.45, 2.75) is 110 Å². The van der Waals surface area contributed by atoms with Crippen LogP contribution in [0.25, 0.3) is 0 Å². The molecule has 0 saturated heterocycles. The zero-order chi connectivity index (χ0) is 22.4.